The lowest BCUT2D eigenvalue weighted by atomic mass is 10.5. The molecule has 0 unspecified atom stereocenters. The molecule has 0 bridgehead atoms. The molecule has 1 heterocycles. The number of sulfonamides is 1. The van der Waals surface area contributed by atoms with Crippen LogP contribution in [-0.2, 0) is 14.9 Å². The molecule has 0 aromatic carbocycles. The van der Waals surface area contributed by atoms with Crippen LogP contribution < -0.4 is 4.89 Å². The number of hydrogen-bond acceptors (Lipinski definition) is 4. The zero-order valence-corrected chi connectivity index (χ0v) is 8.85. The van der Waals surface area contributed by atoms with Crippen LogP contribution in [0.3, 0.4) is 0 Å². The van der Waals surface area contributed by atoms with Gasteiger partial charge in [0.25, 0.3) is 10.0 Å². The normalized spacial score (nSPS) is 12.7. The van der Waals surface area contributed by atoms with E-state index in [-0.39, 0.29) is 0 Å². The maximum absolute atomic E-state index is 12.6. The lowest BCUT2D eigenvalue weighted by molar-refractivity contribution is -0.181. The van der Waals surface area contributed by atoms with Crippen molar-refractivity contribution in [2.24, 2.45) is 0 Å². The van der Waals surface area contributed by atoms with Gasteiger partial charge in [0.15, 0.2) is 6.61 Å². The van der Waals surface area contributed by atoms with Crippen molar-refractivity contribution in [3.8, 4) is 0 Å². The quantitative estimate of drug-likeness (QED) is 0.656. The number of halogens is 4. The molecule has 0 saturated heterocycles. The molecule has 0 saturated carbocycles. The summed E-state index contributed by atoms with van der Waals surface area (Å²) in [6.07, 6.45) is -3.17. The van der Waals surface area contributed by atoms with Crippen LogP contribution in [0.2, 0.25) is 0 Å². The first-order valence-corrected chi connectivity index (χ1v) is 5.50. The van der Waals surface area contributed by atoms with Gasteiger partial charge in [0.05, 0.1) is 6.20 Å². The van der Waals surface area contributed by atoms with E-state index in [1.165, 1.54) is 4.89 Å². The van der Waals surface area contributed by atoms with E-state index in [0.29, 0.717) is 6.07 Å². The smallest absolute Gasteiger partial charge is 0.277 e. The molecule has 0 amide bonds. The Morgan fingerprint density at radius 1 is 1.35 bits per heavy atom. The van der Waals surface area contributed by atoms with E-state index in [9.17, 15) is 26.0 Å². The summed E-state index contributed by atoms with van der Waals surface area (Å²) in [5.41, 5.74) is 0. The number of alkyl halides is 3. The first kappa shape index (κ1) is 13.8. The number of pyridine rings is 1. The minimum absolute atomic E-state index is 0.590. The Morgan fingerprint density at radius 2 is 2.00 bits per heavy atom. The van der Waals surface area contributed by atoms with Crippen LogP contribution in [0.5, 0.6) is 0 Å². The minimum Gasteiger partial charge on any atom is -0.277 e. The zero-order chi connectivity index (χ0) is 13.1. The second-order valence-electron chi connectivity index (χ2n) is 2.83. The first-order chi connectivity index (χ1) is 7.71. The number of hydrogen-bond donors (Lipinski definition) is 1. The lowest BCUT2D eigenvalue weighted by Gasteiger charge is -2.08. The average Bonchev–Trinajstić information content (AvgIpc) is 2.15. The Labute approximate surface area is 93.4 Å². The highest BCUT2D eigenvalue weighted by Gasteiger charge is 2.29. The fourth-order valence-electron chi connectivity index (χ4n) is 0.776. The van der Waals surface area contributed by atoms with E-state index in [1.54, 1.807) is 0 Å². The number of aromatic nitrogens is 1. The Balaban J connectivity index is 2.70. The predicted molar refractivity (Wildman–Crippen MR) is 46.5 cm³/mol. The molecular weight excluding hydrogens is 268 g/mol. The van der Waals surface area contributed by atoms with Crippen LogP contribution in [-0.4, -0.2) is 26.2 Å². The number of nitrogens with zero attached hydrogens (tertiary/aromatic N) is 1. The van der Waals surface area contributed by atoms with Crippen molar-refractivity contribution in [2.75, 3.05) is 6.61 Å². The zero-order valence-electron chi connectivity index (χ0n) is 8.03. The summed E-state index contributed by atoms with van der Waals surface area (Å²) in [5, 5.41) is 0. The Hall–Kier alpha value is -1.26. The second-order valence-corrected chi connectivity index (χ2v) is 4.47. The third kappa shape index (κ3) is 4.63. The van der Waals surface area contributed by atoms with Gasteiger partial charge in [-0.1, -0.05) is 4.89 Å². The lowest BCUT2D eigenvalue weighted by Crippen LogP contribution is -2.29. The molecule has 5 nitrogen and oxygen atoms in total. The van der Waals surface area contributed by atoms with Gasteiger partial charge in [-0.15, -0.1) is 0 Å². The van der Waals surface area contributed by atoms with Crippen LogP contribution in [0, 0.1) is 5.82 Å². The molecule has 17 heavy (non-hydrogen) atoms. The Bertz CT molecular complexity index is 488. The van der Waals surface area contributed by atoms with E-state index < -0.39 is 33.5 Å². The van der Waals surface area contributed by atoms with Crippen molar-refractivity contribution in [1.29, 1.82) is 0 Å². The van der Waals surface area contributed by atoms with Gasteiger partial charge in [-0.3, -0.25) is 9.82 Å². The molecule has 96 valence electrons. The molecule has 1 aromatic heterocycles. The van der Waals surface area contributed by atoms with Crippen LogP contribution in [0.4, 0.5) is 17.6 Å². The predicted octanol–water partition coefficient (Wildman–Crippen LogP) is 0.993. The van der Waals surface area contributed by atoms with Crippen molar-refractivity contribution >= 4 is 10.0 Å². The highest BCUT2D eigenvalue weighted by Crippen LogP contribution is 2.14. The molecule has 0 spiro atoms. The third-order valence-electron chi connectivity index (χ3n) is 1.39. The van der Waals surface area contributed by atoms with Gasteiger partial charge in [-0.2, -0.15) is 13.2 Å². The molecular formula is C7H6F4N2O3S. The fourth-order valence-corrected chi connectivity index (χ4v) is 1.55. The van der Waals surface area contributed by atoms with Crippen molar-refractivity contribution in [1.82, 2.24) is 9.87 Å². The summed E-state index contributed by atoms with van der Waals surface area (Å²) < 4.78 is 70.1. The maximum atomic E-state index is 12.6. The van der Waals surface area contributed by atoms with Gasteiger partial charge in [0, 0.05) is 6.20 Å². The summed E-state index contributed by atoms with van der Waals surface area (Å²) in [5.74, 6) is -0.941. The fraction of sp³-hybridized carbons (Fsp3) is 0.286. The standard InChI is InChI=1S/C7H6F4N2O3S/c8-5-1-6(3-12-2-5)17(14,15)13-16-4-7(9,10)11/h1-3,13H,4H2. The second kappa shape index (κ2) is 4.94. The minimum atomic E-state index is -4.68. The van der Waals surface area contributed by atoms with Crippen molar-refractivity contribution < 1.29 is 30.8 Å². The van der Waals surface area contributed by atoms with Crippen molar-refractivity contribution in [3.05, 3.63) is 24.3 Å². The van der Waals surface area contributed by atoms with Crippen LogP contribution in [0.1, 0.15) is 0 Å². The van der Waals surface area contributed by atoms with E-state index in [0.717, 1.165) is 12.4 Å². The van der Waals surface area contributed by atoms with Crippen LogP contribution in [0.15, 0.2) is 23.4 Å². The third-order valence-corrected chi connectivity index (χ3v) is 2.58. The summed E-state index contributed by atoms with van der Waals surface area (Å²) in [4.78, 5) is 7.54. The molecule has 0 radical (unpaired) electrons. The molecule has 0 aliphatic rings. The van der Waals surface area contributed by atoms with Gasteiger partial charge in [-0.05, 0) is 6.07 Å². The summed E-state index contributed by atoms with van der Waals surface area (Å²) in [7, 11) is -4.38. The van der Waals surface area contributed by atoms with Crippen LogP contribution >= 0.6 is 0 Å². The van der Waals surface area contributed by atoms with Gasteiger partial charge in [0.2, 0.25) is 0 Å². The van der Waals surface area contributed by atoms with Gasteiger partial charge in [-0.25, -0.2) is 12.8 Å². The van der Waals surface area contributed by atoms with E-state index in [2.05, 4.69) is 9.82 Å². The topological polar surface area (TPSA) is 68.3 Å². The summed E-state index contributed by atoms with van der Waals surface area (Å²) >= 11 is 0. The first-order valence-electron chi connectivity index (χ1n) is 4.01. The maximum Gasteiger partial charge on any atom is 0.413 e. The van der Waals surface area contributed by atoms with Gasteiger partial charge in [0.1, 0.15) is 10.7 Å². The monoisotopic (exact) mass is 274 g/mol. The molecule has 1 aromatic rings. The van der Waals surface area contributed by atoms with Gasteiger partial charge < -0.3 is 0 Å². The molecule has 0 aliphatic carbocycles. The highest BCUT2D eigenvalue weighted by molar-refractivity contribution is 7.89. The van der Waals surface area contributed by atoms with Crippen molar-refractivity contribution in [2.45, 2.75) is 11.1 Å². The Kier molecular flexibility index (Phi) is 4.01. The molecule has 0 fully saturated rings. The molecule has 0 aliphatic heterocycles. The number of rotatable bonds is 4. The summed E-state index contributed by atoms with van der Waals surface area (Å²) in [6, 6.07) is 0.590. The van der Waals surface area contributed by atoms with E-state index >= 15 is 0 Å². The van der Waals surface area contributed by atoms with E-state index in [1.807, 2.05) is 0 Å². The van der Waals surface area contributed by atoms with E-state index in [4.69, 9.17) is 0 Å². The highest BCUT2D eigenvalue weighted by atomic mass is 32.2. The van der Waals surface area contributed by atoms with Gasteiger partial charge >= 0.3 is 6.18 Å². The summed E-state index contributed by atoms with van der Waals surface area (Å²) in [6.45, 7) is -1.80. The largest absolute Gasteiger partial charge is 0.413 e. The molecule has 1 N–H and O–H groups in total. The van der Waals surface area contributed by atoms with Crippen molar-refractivity contribution in [3.63, 3.8) is 0 Å². The Morgan fingerprint density at radius 3 is 2.53 bits per heavy atom. The molecule has 10 heteroatoms. The SMILES string of the molecule is O=S(=O)(NOCC(F)(F)F)c1cncc(F)c1. The average molecular weight is 274 g/mol. The van der Waals surface area contributed by atoms with Crippen LogP contribution in [0.25, 0.3) is 0 Å². The molecule has 1 rings (SSSR count). The molecule has 0 atom stereocenters. The number of nitrogens with one attached hydrogen (secondary N) is 1.